The Labute approximate surface area is 165 Å². The number of carbonyl (C=O) groups excluding carboxylic acids is 2. The lowest BCUT2D eigenvalue weighted by molar-refractivity contribution is -0.154. The van der Waals surface area contributed by atoms with Crippen molar-refractivity contribution in [2.45, 2.75) is 58.4 Å². The molecule has 1 aliphatic heterocycles. The Bertz CT molecular complexity index is 644. The van der Waals surface area contributed by atoms with Crippen molar-refractivity contribution in [3.63, 3.8) is 0 Å². The van der Waals surface area contributed by atoms with E-state index in [1.165, 1.54) is 0 Å². The number of carbonyl (C=O) groups is 2. The summed E-state index contributed by atoms with van der Waals surface area (Å²) in [7, 11) is 0. The maximum absolute atomic E-state index is 13.1. The predicted molar refractivity (Wildman–Crippen MR) is 107 cm³/mol. The van der Waals surface area contributed by atoms with Gasteiger partial charge < -0.3 is 9.64 Å². The van der Waals surface area contributed by atoms with Crippen molar-refractivity contribution in [1.29, 1.82) is 0 Å². The van der Waals surface area contributed by atoms with Crippen LogP contribution in [0, 0.1) is 5.41 Å². The second-order valence-corrected chi connectivity index (χ2v) is 9.30. The molecule has 0 aliphatic carbocycles. The number of benzene rings is 1. The van der Waals surface area contributed by atoms with Crippen LogP contribution < -0.4 is 0 Å². The first kappa shape index (κ1) is 21.1. The number of thioether (sulfide) groups is 1. The highest BCUT2D eigenvalue weighted by Gasteiger charge is 2.44. The Morgan fingerprint density at radius 3 is 2.62 bits per heavy atom. The van der Waals surface area contributed by atoms with Crippen LogP contribution in [0.2, 0.25) is 5.02 Å². The van der Waals surface area contributed by atoms with Gasteiger partial charge >= 0.3 is 5.97 Å². The molecule has 0 unspecified atom stereocenters. The Kier molecular flexibility index (Phi) is 7.42. The molecule has 1 aromatic rings. The van der Waals surface area contributed by atoms with E-state index in [1.54, 1.807) is 16.7 Å². The van der Waals surface area contributed by atoms with Gasteiger partial charge in [0.05, 0.1) is 6.61 Å². The molecule has 2 rings (SSSR count). The van der Waals surface area contributed by atoms with Crippen molar-refractivity contribution in [2.24, 2.45) is 5.41 Å². The van der Waals surface area contributed by atoms with Gasteiger partial charge in [-0.25, -0.2) is 4.79 Å². The minimum absolute atomic E-state index is 0.0372. The highest BCUT2D eigenvalue weighted by atomic mass is 35.5. The first-order valence-electron chi connectivity index (χ1n) is 9.08. The highest BCUT2D eigenvalue weighted by Crippen LogP contribution is 2.45. The molecule has 0 N–H and O–H groups in total. The summed E-state index contributed by atoms with van der Waals surface area (Å²) >= 11 is 7.94. The van der Waals surface area contributed by atoms with E-state index in [4.69, 9.17) is 16.3 Å². The Morgan fingerprint density at radius 2 is 2.00 bits per heavy atom. The van der Waals surface area contributed by atoms with Crippen LogP contribution in [-0.2, 0) is 14.3 Å². The quantitative estimate of drug-likeness (QED) is 0.497. The van der Waals surface area contributed by atoms with Crippen LogP contribution in [0.25, 0.3) is 0 Å². The molecule has 0 radical (unpaired) electrons. The van der Waals surface area contributed by atoms with Crippen LogP contribution in [0.15, 0.2) is 24.3 Å². The summed E-state index contributed by atoms with van der Waals surface area (Å²) in [5.74, 6) is 0.170. The van der Waals surface area contributed by atoms with Crippen LogP contribution in [-0.4, -0.2) is 35.2 Å². The lowest BCUT2D eigenvalue weighted by atomic mass is 9.91. The van der Waals surface area contributed by atoms with E-state index in [9.17, 15) is 9.59 Å². The second-order valence-electron chi connectivity index (χ2n) is 7.78. The van der Waals surface area contributed by atoms with Crippen molar-refractivity contribution in [3.8, 4) is 0 Å². The molecule has 2 atom stereocenters. The van der Waals surface area contributed by atoms with Gasteiger partial charge in [0.1, 0.15) is 11.4 Å². The number of nitrogens with zero attached hydrogens (tertiary/aromatic N) is 1. The molecule has 6 heteroatoms. The summed E-state index contributed by atoms with van der Waals surface area (Å²) in [6.07, 6.45) is 2.16. The van der Waals surface area contributed by atoms with Gasteiger partial charge in [-0.3, -0.25) is 4.79 Å². The third-order valence-electron chi connectivity index (χ3n) is 4.16. The molecule has 0 saturated carbocycles. The molecule has 0 aromatic heterocycles. The summed E-state index contributed by atoms with van der Waals surface area (Å²) in [4.78, 5) is 27.3. The van der Waals surface area contributed by atoms with E-state index in [-0.39, 0.29) is 22.7 Å². The Hall–Kier alpha value is -1.20. The van der Waals surface area contributed by atoms with Gasteiger partial charge in [-0.15, -0.1) is 11.8 Å². The average Bonchev–Trinajstić information content (AvgIpc) is 2.99. The Morgan fingerprint density at radius 1 is 1.31 bits per heavy atom. The zero-order valence-electron chi connectivity index (χ0n) is 16.0. The fourth-order valence-corrected chi connectivity index (χ4v) is 4.64. The van der Waals surface area contributed by atoms with E-state index in [0.717, 1.165) is 18.4 Å². The molecular weight excluding hydrogens is 370 g/mol. The summed E-state index contributed by atoms with van der Waals surface area (Å²) in [5, 5.41) is 0.348. The molecule has 0 bridgehead atoms. The van der Waals surface area contributed by atoms with Crippen molar-refractivity contribution in [3.05, 3.63) is 34.9 Å². The summed E-state index contributed by atoms with van der Waals surface area (Å²) in [6.45, 7) is 8.51. The second kappa shape index (κ2) is 9.14. The number of halogens is 1. The van der Waals surface area contributed by atoms with Crippen molar-refractivity contribution >= 4 is 35.2 Å². The predicted octanol–water partition coefficient (Wildman–Crippen LogP) is 5.06. The van der Waals surface area contributed by atoms with Crippen LogP contribution in [0.3, 0.4) is 0 Å². The van der Waals surface area contributed by atoms with Crippen LogP contribution >= 0.6 is 23.4 Å². The number of amides is 1. The normalized spacial score (nSPS) is 20.3. The third-order valence-corrected chi connectivity index (χ3v) is 5.80. The van der Waals surface area contributed by atoms with Crippen molar-refractivity contribution in [1.82, 2.24) is 4.90 Å². The summed E-state index contributed by atoms with van der Waals surface area (Å²) in [5.41, 5.74) is 0.705. The number of rotatable bonds is 6. The van der Waals surface area contributed by atoms with Gasteiger partial charge in [0.25, 0.3) is 0 Å². The van der Waals surface area contributed by atoms with E-state index in [1.807, 2.05) is 52.0 Å². The fourth-order valence-electron chi connectivity index (χ4n) is 2.87. The number of hydrogen-bond donors (Lipinski definition) is 0. The van der Waals surface area contributed by atoms with E-state index in [2.05, 4.69) is 0 Å². The molecule has 1 heterocycles. The lowest BCUT2D eigenvalue weighted by Crippen LogP contribution is -2.45. The first-order valence-corrected chi connectivity index (χ1v) is 10.5. The van der Waals surface area contributed by atoms with E-state index in [0.29, 0.717) is 23.8 Å². The highest BCUT2D eigenvalue weighted by molar-refractivity contribution is 7.99. The fraction of sp³-hybridized carbons (Fsp3) is 0.600. The maximum atomic E-state index is 13.1. The van der Waals surface area contributed by atoms with Gasteiger partial charge in [0.15, 0.2) is 0 Å². The number of esters is 1. The Balaban J connectivity index is 2.27. The van der Waals surface area contributed by atoms with Gasteiger partial charge in [-0.2, -0.15) is 0 Å². The van der Waals surface area contributed by atoms with Crippen LogP contribution in [0.5, 0.6) is 0 Å². The number of ether oxygens (including phenoxy) is 1. The topological polar surface area (TPSA) is 46.6 Å². The first-order chi connectivity index (χ1) is 12.2. The molecule has 1 fully saturated rings. The zero-order chi connectivity index (χ0) is 19.3. The number of hydrogen-bond acceptors (Lipinski definition) is 4. The standard InChI is InChI=1S/C20H28ClNO3S/c1-5-6-11-25-19(24)16-13-26-18(14-9-7-8-10-15(14)21)22(16)17(23)12-20(2,3)4/h7-10,16,18H,5-6,11-13H2,1-4H3/t16-,18-/m0/s1. The molecule has 1 amide bonds. The third kappa shape index (κ3) is 5.40. The molecule has 1 aromatic carbocycles. The largest absolute Gasteiger partial charge is 0.464 e. The maximum Gasteiger partial charge on any atom is 0.329 e. The minimum Gasteiger partial charge on any atom is -0.464 e. The molecule has 1 aliphatic rings. The summed E-state index contributed by atoms with van der Waals surface area (Å²) < 4.78 is 5.41. The monoisotopic (exact) mass is 397 g/mol. The molecular formula is C20H28ClNO3S. The minimum atomic E-state index is -0.562. The average molecular weight is 398 g/mol. The SMILES string of the molecule is CCCCOC(=O)[C@@H]1CS[C@@H](c2ccccc2Cl)N1C(=O)CC(C)(C)C. The smallest absolute Gasteiger partial charge is 0.329 e. The van der Waals surface area contributed by atoms with Crippen molar-refractivity contribution in [2.75, 3.05) is 12.4 Å². The van der Waals surface area contributed by atoms with Gasteiger partial charge in [0.2, 0.25) is 5.91 Å². The molecule has 144 valence electrons. The van der Waals surface area contributed by atoms with Crippen molar-refractivity contribution < 1.29 is 14.3 Å². The molecule has 4 nitrogen and oxygen atoms in total. The molecule has 26 heavy (non-hydrogen) atoms. The molecule has 0 spiro atoms. The van der Waals surface area contributed by atoms with Crippen LogP contribution in [0.4, 0.5) is 0 Å². The van der Waals surface area contributed by atoms with Crippen LogP contribution in [0.1, 0.15) is 57.9 Å². The van der Waals surface area contributed by atoms with E-state index >= 15 is 0 Å². The van der Waals surface area contributed by atoms with Gasteiger partial charge in [-0.05, 0) is 17.9 Å². The van der Waals surface area contributed by atoms with E-state index < -0.39 is 6.04 Å². The zero-order valence-corrected chi connectivity index (χ0v) is 17.5. The lowest BCUT2D eigenvalue weighted by Gasteiger charge is -2.31. The number of unbranched alkanes of at least 4 members (excludes halogenated alkanes) is 1. The summed E-state index contributed by atoms with van der Waals surface area (Å²) in [6, 6.07) is 6.94. The van der Waals surface area contributed by atoms with Gasteiger partial charge in [0, 0.05) is 22.8 Å². The molecule has 1 saturated heterocycles. The van der Waals surface area contributed by atoms with Gasteiger partial charge in [-0.1, -0.05) is 63.9 Å².